The van der Waals surface area contributed by atoms with Gasteiger partial charge < -0.3 is 5.32 Å². The average molecular weight is 381 g/mol. The van der Waals surface area contributed by atoms with E-state index in [4.69, 9.17) is 11.6 Å². The van der Waals surface area contributed by atoms with Crippen LogP contribution < -0.4 is 5.32 Å². The summed E-state index contributed by atoms with van der Waals surface area (Å²) in [6.07, 6.45) is 1.74. The lowest BCUT2D eigenvalue weighted by Gasteiger charge is -2.25. The van der Waals surface area contributed by atoms with Gasteiger partial charge in [0.25, 0.3) is 0 Å². The smallest absolute Gasteiger partial charge is 0.150 e. The zero-order valence-corrected chi connectivity index (χ0v) is 14.6. The maximum atomic E-state index is 11.7. The van der Waals surface area contributed by atoms with Gasteiger partial charge in [0, 0.05) is 15.5 Å². The van der Waals surface area contributed by atoms with Crippen LogP contribution in [0.4, 0.5) is 0 Å². The Labute approximate surface area is 134 Å². The predicted molar refractivity (Wildman–Crippen MR) is 86.9 cm³/mol. The number of rotatable bonds is 5. The lowest BCUT2D eigenvalue weighted by molar-refractivity contribution is 0.391. The van der Waals surface area contributed by atoms with Gasteiger partial charge in [-0.2, -0.15) is 0 Å². The van der Waals surface area contributed by atoms with E-state index >= 15 is 0 Å². The molecule has 112 valence electrons. The van der Waals surface area contributed by atoms with Crippen molar-refractivity contribution in [1.29, 1.82) is 0 Å². The molecule has 20 heavy (non-hydrogen) atoms. The lowest BCUT2D eigenvalue weighted by Crippen LogP contribution is -2.30. The van der Waals surface area contributed by atoms with Crippen LogP contribution in [0.1, 0.15) is 31.4 Å². The fraction of sp³-hybridized carbons (Fsp3) is 0.571. The lowest BCUT2D eigenvalue weighted by atomic mass is 9.92. The minimum absolute atomic E-state index is 0.0545. The molecule has 0 amide bonds. The molecule has 3 nitrogen and oxygen atoms in total. The van der Waals surface area contributed by atoms with Crippen LogP contribution in [0.2, 0.25) is 5.02 Å². The largest absolute Gasteiger partial charge is 0.310 e. The van der Waals surface area contributed by atoms with Crippen LogP contribution >= 0.6 is 27.5 Å². The summed E-state index contributed by atoms with van der Waals surface area (Å²) in [4.78, 5) is 0. The van der Waals surface area contributed by atoms with Gasteiger partial charge in [-0.25, -0.2) is 8.42 Å². The standard InChI is InChI=1S/C14H19BrClNO2S/c1-2-6-17-14(10-5-7-20(18,19)9-10)12-4-3-11(16)8-13(12)15/h3-4,8,10,14,17H,2,5-7,9H2,1H3. The molecule has 2 unspecified atom stereocenters. The number of halogens is 2. The SMILES string of the molecule is CCCNC(c1ccc(Cl)cc1Br)C1CCS(=O)(=O)C1. The highest BCUT2D eigenvalue weighted by Gasteiger charge is 2.34. The van der Waals surface area contributed by atoms with Gasteiger partial charge in [0.05, 0.1) is 11.5 Å². The molecule has 0 saturated carbocycles. The van der Waals surface area contributed by atoms with Crippen LogP contribution in [0.3, 0.4) is 0 Å². The summed E-state index contributed by atoms with van der Waals surface area (Å²) in [6.45, 7) is 2.97. The molecule has 2 rings (SSSR count). The third kappa shape index (κ3) is 3.97. The van der Waals surface area contributed by atoms with Gasteiger partial charge in [0.1, 0.15) is 0 Å². The van der Waals surface area contributed by atoms with Crippen LogP contribution in [0.5, 0.6) is 0 Å². The molecule has 2 atom stereocenters. The highest BCUT2D eigenvalue weighted by molar-refractivity contribution is 9.10. The van der Waals surface area contributed by atoms with Crippen LogP contribution in [0.25, 0.3) is 0 Å². The maximum Gasteiger partial charge on any atom is 0.150 e. The van der Waals surface area contributed by atoms with Crippen molar-refractivity contribution in [3.63, 3.8) is 0 Å². The van der Waals surface area contributed by atoms with E-state index < -0.39 is 9.84 Å². The van der Waals surface area contributed by atoms with Gasteiger partial charge in [0.2, 0.25) is 0 Å². The van der Waals surface area contributed by atoms with Crippen molar-refractivity contribution in [3.05, 3.63) is 33.3 Å². The van der Waals surface area contributed by atoms with E-state index in [1.165, 1.54) is 0 Å². The Morgan fingerprint density at radius 2 is 2.25 bits per heavy atom. The number of sulfone groups is 1. The Hall–Kier alpha value is -0.100. The monoisotopic (exact) mass is 379 g/mol. The van der Waals surface area contributed by atoms with E-state index in [2.05, 4.69) is 28.2 Å². The Bertz CT molecular complexity index is 577. The van der Waals surface area contributed by atoms with Gasteiger partial charge in [-0.15, -0.1) is 0 Å². The molecular weight excluding hydrogens is 362 g/mol. The third-order valence-corrected chi connectivity index (χ3v) is 6.37. The van der Waals surface area contributed by atoms with E-state index in [0.717, 1.165) is 29.4 Å². The topological polar surface area (TPSA) is 46.2 Å². The second-order valence-electron chi connectivity index (χ2n) is 5.26. The molecule has 1 saturated heterocycles. The van der Waals surface area contributed by atoms with Crippen molar-refractivity contribution in [1.82, 2.24) is 5.32 Å². The molecule has 1 aromatic rings. The summed E-state index contributed by atoms with van der Waals surface area (Å²) in [7, 11) is -2.88. The molecule has 1 aliphatic rings. The third-order valence-electron chi connectivity index (χ3n) is 3.65. The first-order valence-electron chi connectivity index (χ1n) is 6.81. The second-order valence-corrected chi connectivity index (χ2v) is 8.78. The van der Waals surface area contributed by atoms with E-state index in [1.807, 2.05) is 18.2 Å². The molecule has 0 radical (unpaired) electrons. The molecule has 0 spiro atoms. The van der Waals surface area contributed by atoms with Crippen LogP contribution in [0.15, 0.2) is 22.7 Å². The Balaban J connectivity index is 2.27. The van der Waals surface area contributed by atoms with Crippen molar-refractivity contribution in [3.8, 4) is 0 Å². The summed E-state index contributed by atoms with van der Waals surface area (Å²) in [5.41, 5.74) is 1.09. The number of benzene rings is 1. The zero-order valence-electron chi connectivity index (χ0n) is 11.4. The number of nitrogens with one attached hydrogen (secondary N) is 1. The molecule has 1 heterocycles. The Morgan fingerprint density at radius 1 is 1.50 bits per heavy atom. The summed E-state index contributed by atoms with van der Waals surface area (Å²) >= 11 is 9.53. The van der Waals surface area contributed by atoms with Gasteiger partial charge in [-0.1, -0.05) is 40.5 Å². The normalized spacial score (nSPS) is 22.9. The van der Waals surface area contributed by atoms with Gasteiger partial charge >= 0.3 is 0 Å². The maximum absolute atomic E-state index is 11.7. The highest BCUT2D eigenvalue weighted by Crippen LogP contribution is 2.35. The average Bonchev–Trinajstić information content (AvgIpc) is 2.72. The molecule has 0 aliphatic carbocycles. The van der Waals surface area contributed by atoms with E-state index in [-0.39, 0.29) is 17.7 Å². The van der Waals surface area contributed by atoms with Gasteiger partial charge in [-0.3, -0.25) is 0 Å². The quantitative estimate of drug-likeness (QED) is 0.849. The molecule has 6 heteroatoms. The fourth-order valence-electron chi connectivity index (χ4n) is 2.67. The summed E-state index contributed by atoms with van der Waals surface area (Å²) in [6, 6.07) is 5.75. The molecule has 0 bridgehead atoms. The van der Waals surface area contributed by atoms with Crippen molar-refractivity contribution >= 4 is 37.4 Å². The van der Waals surface area contributed by atoms with Crippen molar-refractivity contribution in [2.45, 2.75) is 25.8 Å². The molecule has 0 aromatic heterocycles. The molecular formula is C14H19BrClNO2S. The molecule has 1 N–H and O–H groups in total. The summed E-state index contributed by atoms with van der Waals surface area (Å²) in [5.74, 6) is 0.695. The Morgan fingerprint density at radius 3 is 2.80 bits per heavy atom. The molecule has 1 aromatic carbocycles. The minimum atomic E-state index is -2.88. The molecule has 1 aliphatic heterocycles. The summed E-state index contributed by atoms with van der Waals surface area (Å²) < 4.78 is 24.4. The number of hydrogen-bond donors (Lipinski definition) is 1. The van der Waals surface area contributed by atoms with Crippen molar-refractivity contribution in [2.75, 3.05) is 18.1 Å². The zero-order chi connectivity index (χ0) is 14.8. The first kappa shape index (κ1) is 16.3. The van der Waals surface area contributed by atoms with E-state index in [1.54, 1.807) is 0 Å². The van der Waals surface area contributed by atoms with Crippen molar-refractivity contribution in [2.24, 2.45) is 5.92 Å². The van der Waals surface area contributed by atoms with Crippen molar-refractivity contribution < 1.29 is 8.42 Å². The van der Waals surface area contributed by atoms with E-state index in [0.29, 0.717) is 10.8 Å². The van der Waals surface area contributed by atoms with Crippen LogP contribution in [-0.2, 0) is 9.84 Å². The van der Waals surface area contributed by atoms with Crippen LogP contribution in [-0.4, -0.2) is 26.5 Å². The first-order chi connectivity index (χ1) is 9.43. The predicted octanol–water partition coefficient (Wildman–Crippen LogP) is 3.58. The van der Waals surface area contributed by atoms with Crippen LogP contribution in [0, 0.1) is 5.92 Å². The van der Waals surface area contributed by atoms with E-state index in [9.17, 15) is 8.42 Å². The second kappa shape index (κ2) is 6.77. The Kier molecular flexibility index (Phi) is 5.51. The fourth-order valence-corrected chi connectivity index (χ4v) is 5.44. The highest BCUT2D eigenvalue weighted by atomic mass is 79.9. The first-order valence-corrected chi connectivity index (χ1v) is 9.81. The number of hydrogen-bond acceptors (Lipinski definition) is 3. The minimum Gasteiger partial charge on any atom is -0.310 e. The summed E-state index contributed by atoms with van der Waals surface area (Å²) in [5, 5.41) is 4.16. The van der Waals surface area contributed by atoms with Gasteiger partial charge in [0.15, 0.2) is 9.84 Å². The van der Waals surface area contributed by atoms with Gasteiger partial charge in [-0.05, 0) is 43.0 Å². The molecule has 1 fully saturated rings.